The molecule has 94 valence electrons. The Labute approximate surface area is 109 Å². The Morgan fingerprint density at radius 1 is 1.18 bits per heavy atom. The van der Waals surface area contributed by atoms with Crippen molar-refractivity contribution in [3.63, 3.8) is 0 Å². The SMILES string of the molecule is CC(C)(C)c1cccc(Cl)c1N1CCOCC1. The number of benzene rings is 1. The lowest BCUT2D eigenvalue weighted by Gasteiger charge is -2.34. The van der Waals surface area contributed by atoms with E-state index in [9.17, 15) is 0 Å². The molecule has 0 unspecified atom stereocenters. The van der Waals surface area contributed by atoms with Gasteiger partial charge < -0.3 is 9.64 Å². The van der Waals surface area contributed by atoms with Gasteiger partial charge in [0.2, 0.25) is 0 Å². The molecule has 2 nitrogen and oxygen atoms in total. The summed E-state index contributed by atoms with van der Waals surface area (Å²) < 4.78 is 5.40. The van der Waals surface area contributed by atoms with Crippen LogP contribution in [0.5, 0.6) is 0 Å². The number of para-hydroxylation sites is 1. The summed E-state index contributed by atoms with van der Waals surface area (Å²) in [6.45, 7) is 10.1. The van der Waals surface area contributed by atoms with Crippen molar-refractivity contribution in [3.8, 4) is 0 Å². The van der Waals surface area contributed by atoms with Crippen molar-refractivity contribution in [1.82, 2.24) is 0 Å². The average Bonchev–Trinajstić information content (AvgIpc) is 2.28. The van der Waals surface area contributed by atoms with Crippen LogP contribution in [0.4, 0.5) is 5.69 Å². The van der Waals surface area contributed by atoms with Crippen LogP contribution in [-0.2, 0) is 10.2 Å². The van der Waals surface area contributed by atoms with Gasteiger partial charge in [-0.15, -0.1) is 0 Å². The largest absolute Gasteiger partial charge is 0.378 e. The van der Waals surface area contributed by atoms with E-state index >= 15 is 0 Å². The first-order chi connectivity index (χ1) is 8.00. The molecule has 17 heavy (non-hydrogen) atoms. The summed E-state index contributed by atoms with van der Waals surface area (Å²) in [4.78, 5) is 2.34. The lowest BCUT2D eigenvalue weighted by molar-refractivity contribution is 0.122. The predicted molar refractivity (Wildman–Crippen MR) is 73.2 cm³/mol. The van der Waals surface area contributed by atoms with Crippen molar-refractivity contribution in [2.45, 2.75) is 26.2 Å². The highest BCUT2D eigenvalue weighted by atomic mass is 35.5. The van der Waals surface area contributed by atoms with E-state index in [1.807, 2.05) is 12.1 Å². The van der Waals surface area contributed by atoms with E-state index < -0.39 is 0 Å². The second kappa shape index (κ2) is 4.87. The molecular formula is C14H20ClNO. The van der Waals surface area contributed by atoms with Crippen LogP contribution in [-0.4, -0.2) is 26.3 Å². The van der Waals surface area contributed by atoms with Crippen LogP contribution in [0.25, 0.3) is 0 Å². The molecule has 1 fully saturated rings. The molecule has 1 aromatic rings. The summed E-state index contributed by atoms with van der Waals surface area (Å²) in [7, 11) is 0. The molecule has 0 spiro atoms. The summed E-state index contributed by atoms with van der Waals surface area (Å²) >= 11 is 6.39. The maximum atomic E-state index is 6.39. The van der Waals surface area contributed by atoms with E-state index in [-0.39, 0.29) is 5.41 Å². The van der Waals surface area contributed by atoms with Crippen LogP contribution in [0.15, 0.2) is 18.2 Å². The van der Waals surface area contributed by atoms with E-state index in [0.717, 1.165) is 31.3 Å². The third-order valence-corrected chi connectivity index (χ3v) is 3.43. The first-order valence-corrected chi connectivity index (χ1v) is 6.49. The molecule has 0 aliphatic carbocycles. The van der Waals surface area contributed by atoms with Gasteiger partial charge in [0.05, 0.1) is 23.9 Å². The van der Waals surface area contributed by atoms with E-state index in [4.69, 9.17) is 16.3 Å². The van der Waals surface area contributed by atoms with Crippen molar-refractivity contribution in [2.24, 2.45) is 0 Å². The molecule has 1 saturated heterocycles. The highest BCUT2D eigenvalue weighted by molar-refractivity contribution is 6.33. The number of hydrogen-bond acceptors (Lipinski definition) is 2. The minimum absolute atomic E-state index is 0.110. The van der Waals surface area contributed by atoms with Gasteiger partial charge >= 0.3 is 0 Å². The molecule has 0 N–H and O–H groups in total. The minimum atomic E-state index is 0.110. The van der Waals surface area contributed by atoms with E-state index in [1.165, 1.54) is 11.3 Å². The van der Waals surface area contributed by atoms with Gasteiger partial charge in [-0.3, -0.25) is 0 Å². The van der Waals surface area contributed by atoms with Crippen LogP contribution >= 0.6 is 11.6 Å². The molecule has 0 aromatic heterocycles. The molecule has 1 aromatic carbocycles. The van der Waals surface area contributed by atoms with E-state index in [0.29, 0.717) is 0 Å². The first-order valence-electron chi connectivity index (χ1n) is 6.12. The van der Waals surface area contributed by atoms with Gasteiger partial charge in [0, 0.05) is 13.1 Å². The number of morpholine rings is 1. The molecule has 0 atom stereocenters. The molecule has 0 saturated carbocycles. The van der Waals surface area contributed by atoms with Crippen molar-refractivity contribution >= 4 is 17.3 Å². The fraction of sp³-hybridized carbons (Fsp3) is 0.571. The second-order valence-corrected chi connectivity index (χ2v) is 5.89. The maximum absolute atomic E-state index is 6.39. The van der Waals surface area contributed by atoms with Crippen molar-refractivity contribution in [3.05, 3.63) is 28.8 Å². The summed E-state index contributed by atoms with van der Waals surface area (Å²) in [5.74, 6) is 0. The van der Waals surface area contributed by atoms with Crippen molar-refractivity contribution in [1.29, 1.82) is 0 Å². The Balaban J connectivity index is 2.43. The van der Waals surface area contributed by atoms with Crippen LogP contribution in [0.2, 0.25) is 5.02 Å². The lowest BCUT2D eigenvalue weighted by atomic mass is 9.85. The Morgan fingerprint density at radius 3 is 2.41 bits per heavy atom. The Hall–Kier alpha value is -0.730. The lowest BCUT2D eigenvalue weighted by Crippen LogP contribution is -2.37. The van der Waals surface area contributed by atoms with Crippen LogP contribution in [0.1, 0.15) is 26.3 Å². The third kappa shape index (κ3) is 2.75. The normalized spacial score (nSPS) is 17.3. The summed E-state index contributed by atoms with van der Waals surface area (Å²) in [5, 5.41) is 0.847. The monoisotopic (exact) mass is 253 g/mol. The second-order valence-electron chi connectivity index (χ2n) is 5.49. The molecule has 1 aliphatic heterocycles. The van der Waals surface area contributed by atoms with Gasteiger partial charge in [-0.25, -0.2) is 0 Å². The van der Waals surface area contributed by atoms with Crippen LogP contribution in [0.3, 0.4) is 0 Å². The van der Waals surface area contributed by atoms with E-state index in [1.54, 1.807) is 0 Å². The average molecular weight is 254 g/mol. The maximum Gasteiger partial charge on any atom is 0.0642 e. The number of halogens is 1. The molecular weight excluding hydrogens is 234 g/mol. The zero-order chi connectivity index (χ0) is 12.5. The van der Waals surface area contributed by atoms with Crippen molar-refractivity contribution < 1.29 is 4.74 Å². The molecule has 0 radical (unpaired) electrons. The number of ether oxygens (including phenoxy) is 1. The zero-order valence-corrected chi connectivity index (χ0v) is 11.5. The quantitative estimate of drug-likeness (QED) is 0.760. The summed E-state index contributed by atoms with van der Waals surface area (Å²) in [6, 6.07) is 6.19. The number of nitrogens with zero attached hydrogens (tertiary/aromatic N) is 1. The molecule has 0 amide bonds. The van der Waals surface area contributed by atoms with Crippen LogP contribution in [0, 0.1) is 0 Å². The highest BCUT2D eigenvalue weighted by Crippen LogP contribution is 2.37. The molecule has 1 heterocycles. The number of anilines is 1. The number of hydrogen-bond donors (Lipinski definition) is 0. The predicted octanol–water partition coefficient (Wildman–Crippen LogP) is 3.47. The fourth-order valence-electron chi connectivity index (χ4n) is 2.23. The first kappa shape index (κ1) is 12.7. The van der Waals surface area contributed by atoms with Gasteiger partial charge in [0.15, 0.2) is 0 Å². The minimum Gasteiger partial charge on any atom is -0.378 e. The highest BCUT2D eigenvalue weighted by Gasteiger charge is 2.24. The van der Waals surface area contributed by atoms with Gasteiger partial charge in [-0.05, 0) is 17.0 Å². The smallest absolute Gasteiger partial charge is 0.0642 e. The zero-order valence-electron chi connectivity index (χ0n) is 10.8. The molecule has 0 bridgehead atoms. The van der Waals surface area contributed by atoms with E-state index in [2.05, 4.69) is 31.7 Å². The third-order valence-electron chi connectivity index (χ3n) is 3.12. The Bertz CT molecular complexity index is 392. The summed E-state index contributed by atoms with van der Waals surface area (Å²) in [5.41, 5.74) is 2.61. The van der Waals surface area contributed by atoms with Crippen LogP contribution < -0.4 is 4.90 Å². The molecule has 1 aliphatic rings. The van der Waals surface area contributed by atoms with Gasteiger partial charge in [-0.1, -0.05) is 44.5 Å². The van der Waals surface area contributed by atoms with Gasteiger partial charge in [0.1, 0.15) is 0 Å². The van der Waals surface area contributed by atoms with Gasteiger partial charge in [-0.2, -0.15) is 0 Å². The molecule has 3 heteroatoms. The topological polar surface area (TPSA) is 12.5 Å². The fourth-order valence-corrected chi connectivity index (χ4v) is 2.52. The Morgan fingerprint density at radius 2 is 1.82 bits per heavy atom. The Kier molecular flexibility index (Phi) is 3.64. The van der Waals surface area contributed by atoms with Crippen molar-refractivity contribution in [2.75, 3.05) is 31.2 Å². The van der Waals surface area contributed by atoms with Gasteiger partial charge in [0.25, 0.3) is 0 Å². The number of rotatable bonds is 1. The molecule has 2 rings (SSSR count). The summed E-state index contributed by atoms with van der Waals surface area (Å²) in [6.07, 6.45) is 0. The standard InChI is InChI=1S/C14H20ClNO/c1-14(2,3)11-5-4-6-12(15)13(11)16-7-9-17-10-8-16/h4-6H,7-10H2,1-3H3.